The number of methoxy groups -OCH3 is 4. The number of benzene rings is 2. The summed E-state index contributed by atoms with van der Waals surface area (Å²) in [5.41, 5.74) is 27.9. The van der Waals surface area contributed by atoms with Gasteiger partial charge in [-0.2, -0.15) is 41.5 Å². The number of nitrogen functional groups attached to an aromatic ring is 1. The average Bonchev–Trinajstić information content (AvgIpc) is 1.64. The minimum Gasteiger partial charge on any atom is 1.00 e. The van der Waals surface area contributed by atoms with Gasteiger partial charge in [0.15, 0.2) is 0 Å². The summed E-state index contributed by atoms with van der Waals surface area (Å²) >= 11 is 26.3. The molecule has 0 saturated heterocycles. The van der Waals surface area contributed by atoms with E-state index in [1.54, 1.807) is 47.3 Å². The smallest absolute Gasteiger partial charge is 1.00 e. The van der Waals surface area contributed by atoms with E-state index in [0.29, 0.717) is 78.2 Å². The molecule has 133 heavy (non-hydrogen) atoms. The number of nitrogens with one attached hydrogen (secondary N) is 4. The van der Waals surface area contributed by atoms with Crippen molar-refractivity contribution in [1.82, 2.24) is 64.0 Å². The monoisotopic (exact) mass is 2060 g/mol. The molecule has 8 heterocycles. The Morgan fingerprint density at radius 1 is 0.737 bits per heavy atom. The second-order valence-corrected chi connectivity index (χ2v) is 31.3. The normalized spacial score (nSPS) is 10.2. The predicted octanol–water partition coefficient (Wildman–Crippen LogP) is 7.78. The molecule has 0 amide bonds. The Morgan fingerprint density at radius 2 is 1.17 bits per heavy atom. The number of anilines is 1. The first-order valence-corrected chi connectivity index (χ1v) is 43.3. The number of thiol groups is 1. The molecule has 8 aromatic heterocycles. The molecule has 713 valence electrons. The molecule has 0 saturated carbocycles. The number of aromatic amines is 3. The summed E-state index contributed by atoms with van der Waals surface area (Å²) in [6, 6.07) is 22.8. The number of allylic oxidation sites excluding steroid dienone is 5. The van der Waals surface area contributed by atoms with Crippen LogP contribution in [0.5, 0.6) is 11.8 Å². The van der Waals surface area contributed by atoms with Crippen LogP contribution in [0.25, 0.3) is 39.8 Å². The Labute approximate surface area is 827 Å². The first-order chi connectivity index (χ1) is 62.6. The van der Waals surface area contributed by atoms with Crippen molar-refractivity contribution >= 4 is 193 Å². The van der Waals surface area contributed by atoms with Crippen LogP contribution in [0.15, 0.2) is 165 Å². The summed E-state index contributed by atoms with van der Waals surface area (Å²) in [5, 5.41) is 34.7. The summed E-state index contributed by atoms with van der Waals surface area (Å²) in [6.45, 7) is 14.3. The van der Waals surface area contributed by atoms with Gasteiger partial charge < -0.3 is 94.5 Å². The molecule has 2 aromatic carbocycles. The number of nitrogens with two attached hydrogens (primary N) is 3. The van der Waals surface area contributed by atoms with Crippen LogP contribution in [0, 0.1) is 23.7 Å². The Bertz CT molecular complexity index is 5500. The van der Waals surface area contributed by atoms with Gasteiger partial charge in [0.05, 0.1) is 118 Å². The molecular weight excluding hydrogens is 1960 g/mol. The van der Waals surface area contributed by atoms with Crippen molar-refractivity contribution in [3.8, 4) is 17.8 Å². The van der Waals surface area contributed by atoms with Crippen LogP contribution >= 0.6 is 91.7 Å². The van der Waals surface area contributed by atoms with E-state index in [2.05, 4.69) is 160 Å². The number of nitriles is 1. The number of aliphatic hydroxyl groups is 1. The largest absolute Gasteiger partial charge is 1.00 e. The summed E-state index contributed by atoms with van der Waals surface area (Å²) in [7, 11) is 10.9. The molecule has 1 radical (unpaired) electrons. The van der Waals surface area contributed by atoms with E-state index in [1.165, 1.54) is 45.9 Å². The Kier molecular flexibility index (Phi) is 77.2. The fourth-order valence-electron chi connectivity index (χ4n) is 9.49. The number of nitrogens with zero attached hydrogens (tertiary/aromatic N) is 12. The van der Waals surface area contributed by atoms with Gasteiger partial charge in [-0.05, 0) is 145 Å². The number of rotatable bonds is 17. The third-order valence-electron chi connectivity index (χ3n) is 14.9. The number of carbonyl (C=O) groups excluding carboxylic acids is 8. The summed E-state index contributed by atoms with van der Waals surface area (Å²) in [6.07, 6.45) is 28.1. The molecule has 0 fully saturated rings. The van der Waals surface area contributed by atoms with Gasteiger partial charge in [0.25, 0.3) is 17.1 Å². The molecule has 0 unspecified atom stereocenters. The minimum absolute atomic E-state index is 0. The number of carboxylic acids is 1. The third kappa shape index (κ3) is 53.6. The van der Waals surface area contributed by atoms with Crippen LogP contribution in [0.3, 0.4) is 0 Å². The van der Waals surface area contributed by atoms with Crippen LogP contribution in [0.2, 0.25) is 5.15 Å². The molecule has 10 aromatic rings. The van der Waals surface area contributed by atoms with Crippen LogP contribution in [-0.2, 0) is 117 Å². The van der Waals surface area contributed by atoms with Gasteiger partial charge in [-0.1, -0.05) is 103 Å². The minimum atomic E-state index is -3.22. The maximum Gasteiger partial charge on any atom is 1.00 e. The number of aromatic nitrogens is 13. The number of aliphatic hydroxyl groups excluding tert-OH is 1. The Hall–Kier alpha value is -11.6. The van der Waals surface area contributed by atoms with Gasteiger partial charge in [0, 0.05) is 54.4 Å². The Balaban J connectivity index is -0.000000458. The van der Waals surface area contributed by atoms with Gasteiger partial charge in [-0.15, -0.1) is 12.4 Å². The summed E-state index contributed by atoms with van der Waals surface area (Å²) in [4.78, 5) is 148. The van der Waals surface area contributed by atoms with Crippen molar-refractivity contribution in [2.45, 2.75) is 107 Å². The van der Waals surface area contributed by atoms with Crippen molar-refractivity contribution in [2.24, 2.45) is 15.8 Å². The molecule has 0 aliphatic heterocycles. The van der Waals surface area contributed by atoms with E-state index >= 15 is 0 Å². The summed E-state index contributed by atoms with van der Waals surface area (Å²) in [5.74, 6) is -2.14. The molecule has 3 aliphatic carbocycles. The second kappa shape index (κ2) is 79.0. The number of esters is 4. The third-order valence-corrected chi connectivity index (χ3v) is 15.8. The summed E-state index contributed by atoms with van der Waals surface area (Å²) < 4.78 is 57.1. The SMILES string of the molecule is C/C=C(/C#N)CC.CC(=O)O.CCO.CCOC(=O)C(N)C(=O)OCC.COC(=O)C1=CCc2c1nc[nH]c2=O.COC(=O)c1[nH]cc(C)c1N.COc1ncnc2c(Br)cn(COCc3ccccc3)c12.COc1ncnc2ccn(COCc3ccccc3)c12.C[O-].Cl.Clc1ncnc2c1CC=C2.N=CN.O=C=O.O=C=O.O=P(Cl)(Cl)Cl.O=c1[nH]cnc2c1CC=C2.[B]=NS.[Na+]. The zero-order valence-electron chi connectivity index (χ0n) is 74.2. The zero-order chi connectivity index (χ0) is 99.8. The number of aryl methyl sites for hydroxylation is 1. The average molecular weight is 2060 g/mol. The molecule has 3 aliphatic rings. The van der Waals surface area contributed by atoms with Crippen molar-refractivity contribution in [3.05, 3.63) is 233 Å². The predicted molar refractivity (Wildman–Crippen MR) is 501 cm³/mol. The molecule has 12 N–H and O–H groups in total. The van der Waals surface area contributed by atoms with Gasteiger partial charge >= 0.3 is 95.7 Å². The van der Waals surface area contributed by atoms with Gasteiger partial charge in [0.2, 0.25) is 17.8 Å². The topological polar surface area (TPSA) is 641 Å². The fraction of sp³-hybridized carbons (Fsp3) is 0.296. The van der Waals surface area contributed by atoms with Gasteiger partial charge in [-0.25, -0.2) is 49.1 Å². The molecule has 52 heteroatoms. The standard InChI is InChI=1S/C15H14BrN3O2.C15H15N3O2.C9H8N2O3.C7H5ClN2.C7H10N2O2.C7H6N2O.C7H13NO4.C6H9N.C2H4O2.C2H6O.CH4N2.2CO2.CH3O.BHNS.Cl3OP.ClH.Na/c1-20-15-14-13(17-9-18-15)12(16)7-19(14)10-21-8-11-5-3-2-4-6-11;1-19-15-14-13(16-10-17-15)7-8-18(14)11-20-9-12-5-3-2-4-6-12;1-14-9(13)6-3-2-5-7(6)10-4-11-8(5)12;8-7-5-2-1-3-6(5)9-4-10-7;1-4-3-9-6(5(4)8)7(10)11-2;10-7-5-2-1-3-6(5)8-4-9-7;1-3-11-6(9)5(8)7(10)12-4-2;1-3-6(4-2)5-7;1-2(3)4;1-2-3;3*2-1-3;1-2;1-2-3;1-5(2,3)4;;/h2-7,9H,8,10H2,1H3;2-8,10H,9,11H2,1H3;3-4H,2H2,1H3,(H,10,11,12);1,3-4H,2H2;3,9H,8H2,1-2H3;1,3-4H,2H2,(H,8,9,10);5H,3-4,8H2,1-2H3;3H,4H2,1-2H3;1H3,(H,3,4);3H,2H2,1H3;1H,(H3,2,3);;;1H3;3H;;1H;/q;;;;;;;;;;;;;-1;;;;+1/b;;;;;;;6-3+;;;;;;;;;;. The first kappa shape index (κ1) is 130. The van der Waals surface area contributed by atoms with E-state index in [9.17, 15) is 33.3 Å². The first-order valence-electron chi connectivity index (χ1n) is 37.3. The van der Waals surface area contributed by atoms with Crippen molar-refractivity contribution < 1.29 is 130 Å². The molecule has 0 atom stereocenters. The van der Waals surface area contributed by atoms with Crippen molar-refractivity contribution in [1.29, 1.82) is 10.7 Å². The quantitative estimate of drug-likeness (QED) is 0.00397. The maximum atomic E-state index is 11.3. The number of carbonyl (C=O) groups is 5. The van der Waals surface area contributed by atoms with Gasteiger partial charge in [-0.3, -0.25) is 24.4 Å². The van der Waals surface area contributed by atoms with Crippen LogP contribution in [0.1, 0.15) is 109 Å². The number of H-pyrrole nitrogens is 3. The van der Waals surface area contributed by atoms with Crippen molar-refractivity contribution in [3.63, 3.8) is 0 Å². The van der Waals surface area contributed by atoms with Gasteiger partial charge in [0.1, 0.15) is 59.8 Å². The number of ether oxygens (including phenoxy) is 8. The van der Waals surface area contributed by atoms with Crippen molar-refractivity contribution in [2.75, 3.05) is 61.1 Å². The molecule has 13 rings (SSSR count). The number of hydrogen-bond acceptors (Lipinski definition) is 36. The van der Waals surface area contributed by atoms with E-state index in [1.807, 2.05) is 139 Å². The van der Waals surface area contributed by atoms with Crippen LogP contribution < -0.4 is 72.5 Å². The molecular formula is C81H99BBrCl5N19NaO23PS. The van der Waals surface area contributed by atoms with E-state index < -0.39 is 41.1 Å². The van der Waals surface area contributed by atoms with Crippen LogP contribution in [0.4, 0.5) is 5.69 Å². The fourth-order valence-corrected chi connectivity index (χ4v) is 10.2. The Morgan fingerprint density at radius 3 is 1.59 bits per heavy atom. The second-order valence-electron chi connectivity index (χ2n) is 23.3. The number of halogens is 6. The zero-order valence-corrected chi connectivity index (χ0v) is 83.4. The molecule has 0 bridgehead atoms. The molecule has 0 spiro atoms. The molecule has 42 nitrogen and oxygen atoms in total. The number of carboxylic acid groups (broad SMARTS) is 1. The number of hydrogen-bond donors (Lipinski definition) is 10. The maximum absolute atomic E-state index is 11.3. The van der Waals surface area contributed by atoms with Crippen LogP contribution in [-0.4, -0.2) is 192 Å². The number of fused-ring (bicyclic) bond motifs is 5. The number of aliphatic carboxylic acids is 1. The van der Waals surface area contributed by atoms with E-state index in [4.69, 9.17) is 92.0 Å². The van der Waals surface area contributed by atoms with E-state index in [-0.39, 0.29) is 85.2 Å². The van der Waals surface area contributed by atoms with E-state index in [0.717, 1.165) is 111 Å².